The van der Waals surface area contributed by atoms with Crippen LogP contribution in [-0.2, 0) is 26.5 Å². The second-order valence-electron chi connectivity index (χ2n) is 9.90. The third kappa shape index (κ3) is 4.82. The molecular formula is C30H24N6OPt. The minimum Gasteiger partial charge on any atom is -0.460 e. The zero-order valence-electron chi connectivity index (χ0n) is 21.3. The molecule has 0 N–H and O–H groups in total. The summed E-state index contributed by atoms with van der Waals surface area (Å²) in [6.07, 6.45) is 1.77. The van der Waals surface area contributed by atoms with Crippen molar-refractivity contribution < 1.29 is 25.8 Å². The number of rotatable bonds is 4. The van der Waals surface area contributed by atoms with E-state index in [4.69, 9.17) is 4.74 Å². The van der Waals surface area contributed by atoms with Gasteiger partial charge in [-0.25, -0.2) is 16.1 Å². The van der Waals surface area contributed by atoms with Gasteiger partial charge in [-0.05, 0) is 40.9 Å². The van der Waals surface area contributed by atoms with E-state index in [1.165, 1.54) is 0 Å². The van der Waals surface area contributed by atoms with E-state index in [1.807, 2.05) is 59.2 Å². The molecule has 0 radical (unpaired) electrons. The Kier molecular flexibility index (Phi) is 6.80. The Morgan fingerprint density at radius 3 is 2.34 bits per heavy atom. The number of hydrogen-bond acceptors (Lipinski definition) is 6. The molecule has 0 spiro atoms. The maximum absolute atomic E-state index is 6.09. The number of hydrogen-bond donors (Lipinski definition) is 0. The molecule has 3 heterocycles. The van der Waals surface area contributed by atoms with Gasteiger partial charge in [0.15, 0.2) is 5.82 Å². The Hall–Kier alpha value is -3.96. The molecule has 6 rings (SSSR count). The van der Waals surface area contributed by atoms with E-state index < -0.39 is 0 Å². The minimum atomic E-state index is 0. The molecule has 38 heavy (non-hydrogen) atoms. The zero-order chi connectivity index (χ0) is 25.6. The van der Waals surface area contributed by atoms with Crippen LogP contribution < -0.4 is 4.74 Å². The molecule has 3 aromatic carbocycles. The molecule has 0 atom stereocenters. The van der Waals surface area contributed by atoms with Crippen molar-refractivity contribution in [1.29, 1.82) is 0 Å². The summed E-state index contributed by atoms with van der Waals surface area (Å²) >= 11 is 0. The van der Waals surface area contributed by atoms with Gasteiger partial charge in [-0.3, -0.25) is 4.57 Å². The number of pyridine rings is 1. The van der Waals surface area contributed by atoms with Crippen molar-refractivity contribution in [2.24, 2.45) is 0 Å². The molecule has 0 aliphatic carbocycles. The average Bonchev–Trinajstić information content (AvgIpc) is 3.23. The van der Waals surface area contributed by atoms with Crippen molar-refractivity contribution in [2.45, 2.75) is 33.1 Å². The molecule has 0 amide bonds. The van der Waals surface area contributed by atoms with Gasteiger partial charge in [-0.2, -0.15) is 24.3 Å². The predicted molar refractivity (Wildman–Crippen MR) is 143 cm³/mol. The first kappa shape index (κ1) is 25.7. The van der Waals surface area contributed by atoms with Crippen molar-refractivity contribution in [1.82, 2.24) is 29.9 Å². The van der Waals surface area contributed by atoms with E-state index in [-0.39, 0.29) is 26.5 Å². The van der Waals surface area contributed by atoms with E-state index in [9.17, 15) is 0 Å². The Labute approximate surface area is 235 Å². The van der Waals surface area contributed by atoms with Gasteiger partial charge in [0.05, 0.1) is 0 Å². The summed E-state index contributed by atoms with van der Waals surface area (Å²) in [7, 11) is 0. The Morgan fingerprint density at radius 1 is 0.789 bits per heavy atom. The summed E-state index contributed by atoms with van der Waals surface area (Å²) in [6, 6.07) is 29.0. The van der Waals surface area contributed by atoms with Gasteiger partial charge >= 0.3 is 21.1 Å². The maximum Gasteiger partial charge on any atom is 2.00 e. The number of nitrogens with zero attached hydrogens (tertiary/aromatic N) is 6. The smallest absolute Gasteiger partial charge is 0.460 e. The first-order valence-electron chi connectivity index (χ1n) is 12.0. The van der Waals surface area contributed by atoms with Gasteiger partial charge in [-0.15, -0.1) is 38.6 Å². The van der Waals surface area contributed by atoms with Gasteiger partial charge in [0.25, 0.3) is 5.95 Å². The average molecular weight is 680 g/mol. The Bertz CT molecular complexity index is 1760. The normalized spacial score (nSPS) is 11.5. The Morgan fingerprint density at radius 2 is 1.55 bits per heavy atom. The van der Waals surface area contributed by atoms with Crippen LogP contribution in [0.15, 0.2) is 72.9 Å². The van der Waals surface area contributed by atoms with E-state index >= 15 is 0 Å². The molecule has 0 fully saturated rings. The van der Waals surface area contributed by atoms with Gasteiger partial charge in [0.1, 0.15) is 0 Å². The minimum absolute atomic E-state index is 0. The monoisotopic (exact) mass is 679 g/mol. The van der Waals surface area contributed by atoms with Crippen LogP contribution in [0.25, 0.3) is 38.9 Å². The quantitative estimate of drug-likeness (QED) is 0.200. The van der Waals surface area contributed by atoms with Gasteiger partial charge in [-0.1, -0.05) is 44.4 Å². The molecule has 8 heteroatoms. The van der Waals surface area contributed by atoms with Crippen LogP contribution in [0.1, 0.15) is 32.2 Å². The summed E-state index contributed by atoms with van der Waals surface area (Å²) in [5, 5.41) is 18.9. The molecule has 0 saturated heterocycles. The number of aryl methyl sites for hydroxylation is 1. The van der Waals surface area contributed by atoms with E-state index in [2.05, 4.69) is 70.4 Å². The molecular weight excluding hydrogens is 655 g/mol. The van der Waals surface area contributed by atoms with Crippen molar-refractivity contribution in [3.8, 4) is 28.7 Å². The SMILES string of the molecule is Cc1nnc(-n2c3[c-]c(-c4[c-]c(Oc5cc(C(C)(C)C)ccn5)ccc4)ccc3c3ccccc32)nn1.[Pt+2]. The first-order valence-corrected chi connectivity index (χ1v) is 12.0. The van der Waals surface area contributed by atoms with Crippen molar-refractivity contribution >= 4 is 21.8 Å². The second kappa shape index (κ2) is 10.1. The topological polar surface area (TPSA) is 78.6 Å². The molecule has 7 nitrogen and oxygen atoms in total. The van der Waals surface area contributed by atoms with Crippen LogP contribution in [0.5, 0.6) is 11.6 Å². The molecule has 0 unspecified atom stereocenters. The number of benzene rings is 3. The van der Waals surface area contributed by atoms with Gasteiger partial charge in [0, 0.05) is 23.5 Å². The first-order chi connectivity index (χ1) is 17.9. The summed E-state index contributed by atoms with van der Waals surface area (Å²) in [5.41, 5.74) is 4.68. The molecule has 0 aliphatic rings. The fraction of sp³-hybridized carbons (Fsp3) is 0.167. The number of fused-ring (bicyclic) bond motifs is 3. The molecule has 0 aliphatic heterocycles. The molecule has 0 bridgehead atoms. The van der Waals surface area contributed by atoms with Gasteiger partial charge in [0.2, 0.25) is 5.88 Å². The summed E-state index contributed by atoms with van der Waals surface area (Å²) in [6.45, 7) is 8.26. The summed E-state index contributed by atoms with van der Waals surface area (Å²) in [5.74, 6) is 2.04. The van der Waals surface area contributed by atoms with Crippen molar-refractivity contribution in [3.05, 3.63) is 96.4 Å². The third-order valence-corrected chi connectivity index (χ3v) is 6.23. The summed E-state index contributed by atoms with van der Waals surface area (Å²) < 4.78 is 8.03. The van der Waals surface area contributed by atoms with Crippen LogP contribution in [0.3, 0.4) is 0 Å². The van der Waals surface area contributed by atoms with Crippen LogP contribution >= 0.6 is 0 Å². The van der Waals surface area contributed by atoms with Crippen molar-refractivity contribution in [3.63, 3.8) is 0 Å². The van der Waals surface area contributed by atoms with E-state index in [0.29, 0.717) is 23.4 Å². The largest absolute Gasteiger partial charge is 2.00 e. The Balaban J connectivity index is 0.00000294. The standard InChI is InChI=1S/C30H24N6O.Pt/c1-19-32-34-29(35-33-19)36-26-11-6-5-10-24(26)25-13-12-21(17-27(25)36)20-8-7-9-23(16-20)37-28-18-22(14-15-31-28)30(2,3)4;/h5-15,18H,1-4H3;/q-2;+2. The molecule has 190 valence electrons. The van der Waals surface area contributed by atoms with E-state index in [1.54, 1.807) is 13.1 Å². The number of aromatic nitrogens is 6. The molecule has 0 saturated carbocycles. The van der Waals surface area contributed by atoms with E-state index in [0.717, 1.165) is 38.5 Å². The summed E-state index contributed by atoms with van der Waals surface area (Å²) in [4.78, 5) is 4.39. The van der Waals surface area contributed by atoms with Crippen LogP contribution in [-0.4, -0.2) is 29.9 Å². The van der Waals surface area contributed by atoms with Crippen LogP contribution in [0.2, 0.25) is 0 Å². The predicted octanol–water partition coefficient (Wildman–Crippen LogP) is 6.42. The zero-order valence-corrected chi connectivity index (χ0v) is 23.6. The van der Waals surface area contributed by atoms with Crippen molar-refractivity contribution in [2.75, 3.05) is 0 Å². The number of para-hydroxylation sites is 1. The third-order valence-electron chi connectivity index (χ3n) is 6.23. The van der Waals surface area contributed by atoms with Gasteiger partial charge < -0.3 is 4.74 Å². The van der Waals surface area contributed by atoms with Crippen LogP contribution in [0.4, 0.5) is 0 Å². The fourth-order valence-corrected chi connectivity index (χ4v) is 4.33. The maximum atomic E-state index is 6.09. The molecule has 6 aromatic rings. The second-order valence-corrected chi connectivity index (χ2v) is 9.90. The van der Waals surface area contributed by atoms with Crippen LogP contribution in [0, 0.1) is 19.1 Å². The number of ether oxygens (including phenoxy) is 1. The fourth-order valence-electron chi connectivity index (χ4n) is 4.33. The molecule has 3 aromatic heterocycles.